The molecule has 0 aromatic heterocycles. The Morgan fingerprint density at radius 2 is 1.61 bits per heavy atom. The van der Waals surface area contributed by atoms with Crippen molar-refractivity contribution >= 4 is 27.2 Å². The van der Waals surface area contributed by atoms with Gasteiger partial charge >= 0.3 is 0 Å². The standard InChI is InChI=1S/C17H32N2O2S2/c1-2-3-4-5-6-7-8-9-10-11-13-18-17(22)19-16-12-14-23(20,21)15-16/h12,14,16H,2-11,13,15H2,1H3,(H2,18,19,22). The van der Waals surface area contributed by atoms with E-state index in [2.05, 4.69) is 17.6 Å². The number of hydrogen-bond acceptors (Lipinski definition) is 3. The number of nitrogens with one attached hydrogen (secondary N) is 2. The third-order valence-corrected chi connectivity index (χ3v) is 5.72. The summed E-state index contributed by atoms with van der Waals surface area (Å²) in [5, 5.41) is 7.99. The lowest BCUT2D eigenvalue weighted by Crippen LogP contribution is -2.42. The molecule has 0 aromatic rings. The molecule has 0 amide bonds. The number of rotatable bonds is 12. The number of sulfone groups is 1. The third kappa shape index (κ3) is 10.7. The van der Waals surface area contributed by atoms with Gasteiger partial charge in [-0.3, -0.25) is 0 Å². The molecule has 6 heteroatoms. The van der Waals surface area contributed by atoms with Crippen molar-refractivity contribution in [2.24, 2.45) is 0 Å². The summed E-state index contributed by atoms with van der Waals surface area (Å²) < 4.78 is 22.6. The van der Waals surface area contributed by atoms with Crippen LogP contribution < -0.4 is 10.6 Å². The lowest BCUT2D eigenvalue weighted by atomic mass is 10.1. The fourth-order valence-electron chi connectivity index (χ4n) is 2.70. The van der Waals surface area contributed by atoms with Crippen LogP contribution in [0.5, 0.6) is 0 Å². The maximum absolute atomic E-state index is 11.3. The molecule has 0 aliphatic carbocycles. The van der Waals surface area contributed by atoms with E-state index in [0.717, 1.165) is 13.0 Å². The molecule has 1 heterocycles. The lowest BCUT2D eigenvalue weighted by Gasteiger charge is -2.14. The molecular weight excluding hydrogens is 328 g/mol. The van der Waals surface area contributed by atoms with E-state index in [1.54, 1.807) is 6.08 Å². The Balaban J connectivity index is 1.87. The summed E-state index contributed by atoms with van der Waals surface area (Å²) in [6.45, 7) is 3.10. The van der Waals surface area contributed by atoms with Gasteiger partial charge in [-0.25, -0.2) is 8.42 Å². The van der Waals surface area contributed by atoms with Crippen molar-refractivity contribution in [3.05, 3.63) is 11.5 Å². The second kappa shape index (κ2) is 11.8. The molecule has 1 aliphatic rings. The molecule has 0 saturated carbocycles. The zero-order valence-electron chi connectivity index (χ0n) is 14.4. The zero-order chi connectivity index (χ0) is 17.0. The highest BCUT2D eigenvalue weighted by Crippen LogP contribution is 2.10. The van der Waals surface area contributed by atoms with E-state index in [1.165, 1.54) is 63.2 Å². The molecule has 0 saturated heterocycles. The molecule has 1 aliphatic heterocycles. The summed E-state index contributed by atoms with van der Waals surface area (Å²) in [7, 11) is -3.02. The van der Waals surface area contributed by atoms with Gasteiger partial charge in [0.05, 0.1) is 11.8 Å². The Morgan fingerprint density at radius 1 is 1.04 bits per heavy atom. The van der Waals surface area contributed by atoms with Crippen molar-refractivity contribution in [1.82, 2.24) is 10.6 Å². The summed E-state index contributed by atoms with van der Waals surface area (Å²) in [4.78, 5) is 0. The molecule has 23 heavy (non-hydrogen) atoms. The average Bonchev–Trinajstić information content (AvgIpc) is 2.83. The van der Waals surface area contributed by atoms with Crippen molar-refractivity contribution in [3.8, 4) is 0 Å². The summed E-state index contributed by atoms with van der Waals surface area (Å²) in [6.07, 6.45) is 14.8. The minimum absolute atomic E-state index is 0.104. The van der Waals surface area contributed by atoms with Gasteiger partial charge in [-0.05, 0) is 24.7 Å². The Bertz CT molecular complexity index is 461. The second-order valence-corrected chi connectivity index (χ2v) is 8.69. The highest BCUT2D eigenvalue weighted by molar-refractivity contribution is 7.94. The smallest absolute Gasteiger partial charge is 0.173 e. The van der Waals surface area contributed by atoms with Crippen LogP contribution in [0.15, 0.2) is 11.5 Å². The largest absolute Gasteiger partial charge is 0.363 e. The van der Waals surface area contributed by atoms with Crippen molar-refractivity contribution in [2.45, 2.75) is 77.2 Å². The zero-order valence-corrected chi connectivity index (χ0v) is 16.0. The highest BCUT2D eigenvalue weighted by atomic mass is 32.2. The molecule has 1 unspecified atom stereocenters. The molecule has 4 nitrogen and oxygen atoms in total. The van der Waals surface area contributed by atoms with Crippen molar-refractivity contribution in [2.75, 3.05) is 12.3 Å². The first-order chi connectivity index (χ1) is 11.0. The lowest BCUT2D eigenvalue weighted by molar-refractivity contribution is 0.554. The van der Waals surface area contributed by atoms with E-state index in [0.29, 0.717) is 5.11 Å². The van der Waals surface area contributed by atoms with Crippen LogP contribution >= 0.6 is 12.2 Å². The molecule has 134 valence electrons. The number of hydrogen-bond donors (Lipinski definition) is 2. The first-order valence-corrected chi connectivity index (χ1v) is 11.1. The Hall–Kier alpha value is -0.620. The Morgan fingerprint density at radius 3 is 2.13 bits per heavy atom. The second-order valence-electron chi connectivity index (χ2n) is 6.35. The quantitative estimate of drug-likeness (QED) is 0.411. The topological polar surface area (TPSA) is 58.2 Å². The van der Waals surface area contributed by atoms with Gasteiger partial charge in [0.15, 0.2) is 14.9 Å². The van der Waals surface area contributed by atoms with Crippen molar-refractivity contribution < 1.29 is 8.42 Å². The summed E-state index contributed by atoms with van der Waals surface area (Å²) in [6, 6.07) is -0.187. The predicted octanol–water partition coefficient (Wildman–Crippen LogP) is 3.68. The van der Waals surface area contributed by atoms with Gasteiger partial charge in [-0.15, -0.1) is 0 Å². The normalized spacial score (nSPS) is 18.9. The van der Waals surface area contributed by atoms with E-state index in [4.69, 9.17) is 12.2 Å². The van der Waals surface area contributed by atoms with Gasteiger partial charge < -0.3 is 10.6 Å². The van der Waals surface area contributed by atoms with Crippen LogP contribution in [0.2, 0.25) is 0 Å². The van der Waals surface area contributed by atoms with Crippen LogP contribution in [0.3, 0.4) is 0 Å². The average molecular weight is 361 g/mol. The van der Waals surface area contributed by atoms with Crippen LogP contribution in [0, 0.1) is 0 Å². The van der Waals surface area contributed by atoms with Crippen LogP contribution in [0.1, 0.15) is 71.1 Å². The van der Waals surface area contributed by atoms with Crippen LogP contribution in [0.25, 0.3) is 0 Å². The van der Waals surface area contributed by atoms with Gasteiger partial charge in [-0.2, -0.15) is 0 Å². The number of unbranched alkanes of at least 4 members (excludes halogenated alkanes) is 9. The molecule has 2 N–H and O–H groups in total. The van der Waals surface area contributed by atoms with Gasteiger partial charge in [0, 0.05) is 12.0 Å². The SMILES string of the molecule is CCCCCCCCCCCCNC(=S)NC1C=CS(=O)(=O)C1. The molecule has 0 bridgehead atoms. The van der Waals surface area contributed by atoms with Crippen molar-refractivity contribution in [1.29, 1.82) is 0 Å². The predicted molar refractivity (Wildman–Crippen MR) is 102 cm³/mol. The molecule has 0 radical (unpaired) electrons. The third-order valence-electron chi connectivity index (χ3n) is 4.06. The maximum Gasteiger partial charge on any atom is 0.173 e. The highest BCUT2D eigenvalue weighted by Gasteiger charge is 2.21. The number of thiocarbonyl (C=S) groups is 1. The fraction of sp³-hybridized carbons (Fsp3) is 0.824. The first kappa shape index (κ1) is 20.4. The minimum atomic E-state index is -3.02. The summed E-state index contributed by atoms with van der Waals surface area (Å²) in [5.41, 5.74) is 0. The molecule has 0 fully saturated rings. The molecule has 0 aromatic carbocycles. The van der Waals surface area contributed by atoms with Crippen LogP contribution in [0.4, 0.5) is 0 Å². The Labute approximate surface area is 147 Å². The van der Waals surface area contributed by atoms with Gasteiger partial charge in [-0.1, -0.05) is 64.7 Å². The monoisotopic (exact) mass is 360 g/mol. The van der Waals surface area contributed by atoms with Gasteiger partial charge in [0.25, 0.3) is 0 Å². The fourth-order valence-corrected chi connectivity index (χ4v) is 4.19. The summed E-state index contributed by atoms with van der Waals surface area (Å²) >= 11 is 5.18. The molecule has 0 spiro atoms. The van der Waals surface area contributed by atoms with E-state index in [1.807, 2.05) is 0 Å². The minimum Gasteiger partial charge on any atom is -0.363 e. The molecule has 1 rings (SSSR count). The van der Waals surface area contributed by atoms with E-state index < -0.39 is 9.84 Å². The first-order valence-electron chi connectivity index (χ1n) is 8.99. The van der Waals surface area contributed by atoms with Gasteiger partial charge in [0.2, 0.25) is 0 Å². The molecule has 1 atom stereocenters. The molecular formula is C17H32N2O2S2. The summed E-state index contributed by atoms with van der Waals surface area (Å²) in [5.74, 6) is 0.104. The van der Waals surface area contributed by atoms with Crippen LogP contribution in [-0.4, -0.2) is 31.9 Å². The maximum atomic E-state index is 11.3. The van der Waals surface area contributed by atoms with Crippen LogP contribution in [-0.2, 0) is 9.84 Å². The van der Waals surface area contributed by atoms with E-state index >= 15 is 0 Å². The van der Waals surface area contributed by atoms with Crippen molar-refractivity contribution in [3.63, 3.8) is 0 Å². The Kier molecular flexibility index (Phi) is 10.5. The van der Waals surface area contributed by atoms with E-state index in [9.17, 15) is 8.42 Å². The van der Waals surface area contributed by atoms with E-state index in [-0.39, 0.29) is 11.8 Å². The van der Waals surface area contributed by atoms with Gasteiger partial charge in [0.1, 0.15) is 0 Å².